The SMILES string of the molecule is O=C(CCC1CCN(C(=O)c2ccccc2F)CC1)NCc1ccccn1. The van der Waals surface area contributed by atoms with Crippen LogP contribution in [0.5, 0.6) is 0 Å². The van der Waals surface area contributed by atoms with E-state index in [0.717, 1.165) is 25.0 Å². The van der Waals surface area contributed by atoms with Crippen molar-refractivity contribution in [3.8, 4) is 0 Å². The van der Waals surface area contributed by atoms with Crippen LogP contribution in [0.15, 0.2) is 48.7 Å². The van der Waals surface area contributed by atoms with Crippen molar-refractivity contribution in [2.75, 3.05) is 13.1 Å². The summed E-state index contributed by atoms with van der Waals surface area (Å²) in [5.41, 5.74) is 0.968. The van der Waals surface area contributed by atoms with Crippen LogP contribution in [-0.4, -0.2) is 34.8 Å². The summed E-state index contributed by atoms with van der Waals surface area (Å²) >= 11 is 0. The summed E-state index contributed by atoms with van der Waals surface area (Å²) in [5, 5.41) is 2.89. The van der Waals surface area contributed by atoms with Gasteiger partial charge >= 0.3 is 0 Å². The number of halogens is 1. The fraction of sp³-hybridized carbons (Fsp3) is 0.381. The van der Waals surface area contributed by atoms with Crippen LogP contribution in [0, 0.1) is 11.7 Å². The molecule has 1 saturated heterocycles. The lowest BCUT2D eigenvalue weighted by Crippen LogP contribution is -2.39. The van der Waals surface area contributed by atoms with Crippen molar-refractivity contribution in [2.45, 2.75) is 32.2 Å². The van der Waals surface area contributed by atoms with E-state index in [-0.39, 0.29) is 17.4 Å². The largest absolute Gasteiger partial charge is 0.350 e. The summed E-state index contributed by atoms with van der Waals surface area (Å²) in [6.07, 6.45) is 4.66. The van der Waals surface area contributed by atoms with Gasteiger partial charge in [-0.25, -0.2) is 4.39 Å². The molecule has 0 radical (unpaired) electrons. The molecule has 0 aliphatic carbocycles. The van der Waals surface area contributed by atoms with Crippen molar-refractivity contribution in [1.82, 2.24) is 15.2 Å². The highest BCUT2D eigenvalue weighted by Crippen LogP contribution is 2.23. The molecule has 0 spiro atoms. The zero-order valence-electron chi connectivity index (χ0n) is 15.2. The first-order valence-corrected chi connectivity index (χ1v) is 9.34. The van der Waals surface area contributed by atoms with E-state index in [1.165, 1.54) is 12.1 Å². The molecule has 0 bridgehead atoms. The van der Waals surface area contributed by atoms with Crippen LogP contribution in [0.3, 0.4) is 0 Å². The van der Waals surface area contributed by atoms with Gasteiger partial charge in [-0.15, -0.1) is 0 Å². The van der Waals surface area contributed by atoms with Crippen molar-refractivity contribution in [3.63, 3.8) is 0 Å². The molecule has 6 heteroatoms. The Hall–Kier alpha value is -2.76. The number of nitrogens with zero attached hydrogens (tertiary/aromatic N) is 2. The van der Waals surface area contributed by atoms with E-state index in [2.05, 4.69) is 10.3 Å². The van der Waals surface area contributed by atoms with Crippen molar-refractivity contribution >= 4 is 11.8 Å². The number of carbonyl (C=O) groups excluding carboxylic acids is 2. The van der Waals surface area contributed by atoms with Crippen LogP contribution >= 0.6 is 0 Å². The Labute approximate surface area is 158 Å². The van der Waals surface area contributed by atoms with E-state index < -0.39 is 5.82 Å². The molecule has 1 aliphatic rings. The first-order chi connectivity index (χ1) is 13.1. The van der Waals surface area contributed by atoms with E-state index in [0.29, 0.717) is 32.0 Å². The highest BCUT2D eigenvalue weighted by molar-refractivity contribution is 5.94. The zero-order valence-corrected chi connectivity index (χ0v) is 15.2. The molecule has 2 heterocycles. The topological polar surface area (TPSA) is 62.3 Å². The maximum absolute atomic E-state index is 13.8. The second kappa shape index (κ2) is 9.26. The number of pyridine rings is 1. The van der Waals surface area contributed by atoms with Crippen LogP contribution in [0.4, 0.5) is 4.39 Å². The monoisotopic (exact) mass is 369 g/mol. The van der Waals surface area contributed by atoms with Crippen molar-refractivity contribution in [1.29, 1.82) is 0 Å². The Morgan fingerprint density at radius 3 is 2.56 bits per heavy atom. The van der Waals surface area contributed by atoms with Gasteiger partial charge in [0.2, 0.25) is 5.91 Å². The Kier molecular flexibility index (Phi) is 6.52. The lowest BCUT2D eigenvalue weighted by molar-refractivity contribution is -0.121. The molecular weight excluding hydrogens is 345 g/mol. The maximum atomic E-state index is 13.8. The van der Waals surface area contributed by atoms with Gasteiger partial charge in [0, 0.05) is 25.7 Å². The van der Waals surface area contributed by atoms with Gasteiger partial charge in [-0.1, -0.05) is 18.2 Å². The van der Waals surface area contributed by atoms with Crippen molar-refractivity contribution < 1.29 is 14.0 Å². The zero-order chi connectivity index (χ0) is 19.1. The molecule has 0 unspecified atom stereocenters. The molecule has 27 heavy (non-hydrogen) atoms. The number of hydrogen-bond donors (Lipinski definition) is 1. The molecule has 2 amide bonds. The lowest BCUT2D eigenvalue weighted by Gasteiger charge is -2.32. The number of rotatable bonds is 6. The van der Waals surface area contributed by atoms with E-state index >= 15 is 0 Å². The number of amides is 2. The number of likely N-dealkylation sites (tertiary alicyclic amines) is 1. The number of hydrogen-bond acceptors (Lipinski definition) is 3. The van der Waals surface area contributed by atoms with Gasteiger partial charge < -0.3 is 10.2 Å². The summed E-state index contributed by atoms with van der Waals surface area (Å²) in [6, 6.07) is 11.7. The Morgan fingerprint density at radius 2 is 1.85 bits per heavy atom. The molecule has 142 valence electrons. The second-order valence-corrected chi connectivity index (χ2v) is 6.85. The number of carbonyl (C=O) groups is 2. The van der Waals surface area contributed by atoms with Gasteiger partial charge in [-0.05, 0) is 49.4 Å². The van der Waals surface area contributed by atoms with Gasteiger partial charge in [0.05, 0.1) is 17.8 Å². The molecule has 0 atom stereocenters. The van der Waals surface area contributed by atoms with Gasteiger partial charge in [0.25, 0.3) is 5.91 Å². The first kappa shape index (κ1) is 19.0. The van der Waals surface area contributed by atoms with Crippen LogP contribution in [0.1, 0.15) is 41.7 Å². The van der Waals surface area contributed by atoms with Crippen LogP contribution < -0.4 is 5.32 Å². The number of nitrogens with one attached hydrogen (secondary N) is 1. The van der Waals surface area contributed by atoms with E-state index in [4.69, 9.17) is 0 Å². The average Bonchev–Trinajstić information content (AvgIpc) is 2.72. The molecule has 3 rings (SSSR count). The van der Waals surface area contributed by atoms with Crippen molar-refractivity contribution in [2.24, 2.45) is 5.92 Å². The molecule has 1 aliphatic heterocycles. The fourth-order valence-electron chi connectivity index (χ4n) is 3.35. The quantitative estimate of drug-likeness (QED) is 0.851. The van der Waals surface area contributed by atoms with Gasteiger partial charge in [-0.3, -0.25) is 14.6 Å². The Bertz CT molecular complexity index is 774. The highest BCUT2D eigenvalue weighted by Gasteiger charge is 2.25. The van der Waals surface area contributed by atoms with Crippen LogP contribution in [-0.2, 0) is 11.3 Å². The predicted molar refractivity (Wildman–Crippen MR) is 100 cm³/mol. The molecule has 0 saturated carbocycles. The molecule has 1 aromatic carbocycles. The van der Waals surface area contributed by atoms with E-state index in [9.17, 15) is 14.0 Å². The van der Waals surface area contributed by atoms with Crippen LogP contribution in [0.25, 0.3) is 0 Å². The minimum atomic E-state index is -0.478. The van der Waals surface area contributed by atoms with Crippen LogP contribution in [0.2, 0.25) is 0 Å². The van der Waals surface area contributed by atoms with Crippen molar-refractivity contribution in [3.05, 3.63) is 65.7 Å². The smallest absolute Gasteiger partial charge is 0.256 e. The van der Waals surface area contributed by atoms with Gasteiger partial charge in [0.15, 0.2) is 0 Å². The summed E-state index contributed by atoms with van der Waals surface area (Å²) in [5.74, 6) is -0.297. The molecule has 1 fully saturated rings. The number of benzene rings is 1. The Morgan fingerprint density at radius 1 is 1.11 bits per heavy atom. The normalized spacial score (nSPS) is 14.8. The van der Waals surface area contributed by atoms with E-state index in [1.807, 2.05) is 18.2 Å². The van der Waals surface area contributed by atoms with Gasteiger partial charge in [-0.2, -0.15) is 0 Å². The van der Waals surface area contributed by atoms with Gasteiger partial charge in [0.1, 0.15) is 5.82 Å². The predicted octanol–water partition coefficient (Wildman–Crippen LogP) is 3.17. The first-order valence-electron chi connectivity index (χ1n) is 9.34. The van der Waals surface area contributed by atoms with E-state index in [1.54, 1.807) is 23.2 Å². The maximum Gasteiger partial charge on any atom is 0.256 e. The third kappa shape index (κ3) is 5.36. The molecule has 1 aromatic heterocycles. The highest BCUT2D eigenvalue weighted by atomic mass is 19.1. The molecule has 1 N–H and O–H groups in total. The summed E-state index contributed by atoms with van der Waals surface area (Å²) in [7, 11) is 0. The fourth-order valence-corrected chi connectivity index (χ4v) is 3.35. The third-order valence-corrected chi connectivity index (χ3v) is 4.98. The minimum absolute atomic E-state index is 0.0190. The molecule has 5 nitrogen and oxygen atoms in total. The standard InChI is InChI=1S/C21H24FN3O2/c22-19-7-2-1-6-18(19)21(27)25-13-10-16(11-14-25)8-9-20(26)24-15-17-5-3-4-12-23-17/h1-7,12,16H,8-11,13-15H2,(H,24,26). The Balaban J connectivity index is 1.39. The third-order valence-electron chi connectivity index (χ3n) is 4.98. The second-order valence-electron chi connectivity index (χ2n) is 6.85. The average molecular weight is 369 g/mol. The summed E-state index contributed by atoms with van der Waals surface area (Å²) in [6.45, 7) is 1.65. The lowest BCUT2D eigenvalue weighted by atomic mass is 9.91. The minimum Gasteiger partial charge on any atom is -0.350 e. The molecule has 2 aromatic rings. The number of aromatic nitrogens is 1. The summed E-state index contributed by atoms with van der Waals surface area (Å²) in [4.78, 5) is 30.3. The number of piperidine rings is 1. The molecular formula is C21H24FN3O2. The summed E-state index contributed by atoms with van der Waals surface area (Å²) < 4.78 is 13.8.